The highest BCUT2D eigenvalue weighted by Gasteiger charge is 2.28. The number of anilines is 1. The first kappa shape index (κ1) is 24.3. The van der Waals surface area contributed by atoms with Crippen molar-refractivity contribution in [1.82, 2.24) is 9.97 Å². The number of carbonyl (C=O) groups is 1. The molecule has 0 aliphatic rings. The number of hydrogen-bond donors (Lipinski definition) is 1. The number of ether oxygens (including phenoxy) is 3. The Morgan fingerprint density at radius 1 is 1.15 bits per heavy atom. The maximum absolute atomic E-state index is 11.8. The Bertz CT molecular complexity index is 1230. The molecule has 1 N–H and O–H groups in total. The molecule has 0 atom stereocenters. The number of rotatable bonds is 10. The third kappa shape index (κ3) is 6.33. The number of nitro groups is 1. The molecule has 0 bridgehead atoms. The van der Waals surface area contributed by atoms with Gasteiger partial charge in [0, 0.05) is 6.07 Å². The quantitative estimate of drug-likeness (QED) is 0.143. The largest absolute Gasteiger partial charge is 0.465 e. The van der Waals surface area contributed by atoms with Gasteiger partial charge < -0.3 is 19.5 Å². The molecule has 0 aliphatic heterocycles. The predicted octanol–water partition coefficient (Wildman–Crippen LogP) is 4.54. The molecule has 174 valence electrons. The molecule has 0 aliphatic carbocycles. The van der Waals surface area contributed by atoms with Crippen LogP contribution in [-0.4, -0.2) is 40.3 Å². The van der Waals surface area contributed by atoms with E-state index >= 15 is 0 Å². The van der Waals surface area contributed by atoms with Gasteiger partial charge in [-0.05, 0) is 37.4 Å². The average Bonchev–Trinajstić information content (AvgIpc) is 2.82. The summed E-state index contributed by atoms with van der Waals surface area (Å²) in [5, 5.41) is 24.0. The van der Waals surface area contributed by atoms with E-state index in [9.17, 15) is 20.2 Å². The van der Waals surface area contributed by atoms with E-state index in [1.54, 1.807) is 37.4 Å². The number of nitrogens with zero attached hydrogens (tertiary/aromatic N) is 4. The molecule has 1 heterocycles. The molecule has 0 spiro atoms. The first-order chi connectivity index (χ1) is 16.4. The van der Waals surface area contributed by atoms with Crippen LogP contribution in [0.2, 0.25) is 0 Å². The van der Waals surface area contributed by atoms with Crippen LogP contribution in [0.5, 0.6) is 23.1 Å². The second kappa shape index (κ2) is 11.5. The van der Waals surface area contributed by atoms with E-state index in [4.69, 9.17) is 14.2 Å². The maximum Gasteiger partial charge on any atom is 0.373 e. The topological polar surface area (TPSA) is 150 Å². The Morgan fingerprint density at radius 2 is 1.85 bits per heavy atom. The summed E-state index contributed by atoms with van der Waals surface area (Å²) >= 11 is 1.13. The zero-order valence-corrected chi connectivity index (χ0v) is 19.0. The molecule has 1 aromatic heterocycles. The molecule has 3 aromatic rings. The van der Waals surface area contributed by atoms with Crippen LogP contribution < -0.4 is 14.8 Å². The van der Waals surface area contributed by atoms with E-state index in [-0.39, 0.29) is 41.3 Å². The minimum atomic E-state index is -0.720. The van der Waals surface area contributed by atoms with Gasteiger partial charge in [0.05, 0.1) is 23.2 Å². The molecule has 0 saturated carbocycles. The molecule has 0 unspecified atom stereocenters. The maximum atomic E-state index is 11.8. The number of hydrogen-bond acceptors (Lipinski definition) is 11. The van der Waals surface area contributed by atoms with E-state index in [1.165, 1.54) is 18.2 Å². The molecule has 34 heavy (non-hydrogen) atoms. The zero-order chi connectivity index (χ0) is 24.5. The Balaban J connectivity index is 1.98. The average molecular weight is 481 g/mol. The Hall–Kier alpha value is -4.37. The predicted molar refractivity (Wildman–Crippen MR) is 123 cm³/mol. The molecule has 2 aromatic carbocycles. The summed E-state index contributed by atoms with van der Waals surface area (Å²) in [7, 11) is 0. The minimum Gasteiger partial charge on any atom is -0.465 e. The minimum absolute atomic E-state index is 0.0928. The third-order valence-electron chi connectivity index (χ3n) is 4.10. The van der Waals surface area contributed by atoms with Gasteiger partial charge in [0.2, 0.25) is 5.82 Å². The summed E-state index contributed by atoms with van der Waals surface area (Å²) in [6, 6.07) is 15.3. The molecular formula is C22H19N5O6S. The second-order valence-electron chi connectivity index (χ2n) is 6.45. The fourth-order valence-corrected chi connectivity index (χ4v) is 3.08. The number of carbonyl (C=O) groups excluding carboxylic acids is 1. The molecule has 0 saturated heterocycles. The monoisotopic (exact) mass is 481 g/mol. The highest BCUT2D eigenvalue weighted by Crippen LogP contribution is 2.38. The van der Waals surface area contributed by atoms with Crippen molar-refractivity contribution in [2.45, 2.75) is 12.1 Å². The molecule has 0 fully saturated rings. The summed E-state index contributed by atoms with van der Waals surface area (Å²) in [5.41, 5.74) is -0.360. The first-order valence-corrected chi connectivity index (χ1v) is 11.1. The normalized spacial score (nSPS) is 10.1. The van der Waals surface area contributed by atoms with Crippen LogP contribution in [-0.2, 0) is 9.53 Å². The fourth-order valence-electron chi connectivity index (χ4n) is 2.72. The van der Waals surface area contributed by atoms with E-state index in [2.05, 4.69) is 15.3 Å². The van der Waals surface area contributed by atoms with Crippen LogP contribution in [0.4, 0.5) is 11.5 Å². The van der Waals surface area contributed by atoms with Crippen LogP contribution in [0.1, 0.15) is 12.5 Å². The summed E-state index contributed by atoms with van der Waals surface area (Å²) in [6.07, 6.45) is 1.68. The second-order valence-corrected chi connectivity index (χ2v) is 7.22. The molecule has 3 rings (SSSR count). The molecule has 0 amide bonds. The van der Waals surface area contributed by atoms with Gasteiger partial charge >= 0.3 is 17.5 Å². The number of thioether (sulfide) groups is 1. The smallest absolute Gasteiger partial charge is 0.373 e. The summed E-state index contributed by atoms with van der Waals surface area (Å²) in [5.74, 6) is -0.251. The van der Waals surface area contributed by atoms with Crippen molar-refractivity contribution in [2.24, 2.45) is 0 Å². The van der Waals surface area contributed by atoms with E-state index in [0.717, 1.165) is 11.8 Å². The Labute approximate surface area is 198 Å². The van der Waals surface area contributed by atoms with Gasteiger partial charge in [-0.3, -0.25) is 14.9 Å². The first-order valence-electron chi connectivity index (χ1n) is 9.89. The lowest BCUT2D eigenvalue weighted by Crippen LogP contribution is -2.18. The van der Waals surface area contributed by atoms with Gasteiger partial charge in [0.1, 0.15) is 23.8 Å². The van der Waals surface area contributed by atoms with E-state index in [0.29, 0.717) is 11.5 Å². The lowest BCUT2D eigenvalue weighted by Gasteiger charge is -2.12. The number of esters is 1. The van der Waals surface area contributed by atoms with Gasteiger partial charge in [0.25, 0.3) is 0 Å². The lowest BCUT2D eigenvalue weighted by molar-refractivity contribution is -0.385. The van der Waals surface area contributed by atoms with Crippen LogP contribution in [0.25, 0.3) is 0 Å². The van der Waals surface area contributed by atoms with Crippen molar-refractivity contribution in [3.05, 3.63) is 64.2 Å². The summed E-state index contributed by atoms with van der Waals surface area (Å²) in [6.45, 7) is 1.48. The standard InChI is InChI=1S/C22H19N5O6S/c1-3-31-18(28)13-24-20-19(27(29)30)21(26-22(25-20)34-2)33-17-10-14(12-23)9-16(11-17)32-15-7-5-4-6-8-15/h4-11H,3,13H2,1-2H3,(H,24,25,26). The van der Waals surface area contributed by atoms with Crippen LogP contribution in [0.15, 0.2) is 53.7 Å². The van der Waals surface area contributed by atoms with Crippen LogP contribution >= 0.6 is 11.8 Å². The number of benzene rings is 2. The van der Waals surface area contributed by atoms with Gasteiger partial charge in [-0.25, -0.2) is 0 Å². The van der Waals surface area contributed by atoms with Crippen LogP contribution in [0.3, 0.4) is 0 Å². The summed E-state index contributed by atoms with van der Waals surface area (Å²) < 4.78 is 16.3. The van der Waals surface area contributed by atoms with E-state index < -0.39 is 16.6 Å². The van der Waals surface area contributed by atoms with Gasteiger partial charge in [-0.1, -0.05) is 30.0 Å². The van der Waals surface area contributed by atoms with Crippen molar-refractivity contribution in [2.75, 3.05) is 24.7 Å². The molecular weight excluding hydrogens is 462 g/mol. The van der Waals surface area contributed by atoms with Gasteiger partial charge in [-0.15, -0.1) is 0 Å². The molecule has 11 nitrogen and oxygen atoms in total. The van der Waals surface area contributed by atoms with Crippen molar-refractivity contribution in [3.8, 4) is 29.2 Å². The number of nitriles is 1. The third-order valence-corrected chi connectivity index (χ3v) is 4.65. The number of nitrogens with one attached hydrogen (secondary N) is 1. The SMILES string of the molecule is CCOC(=O)CNc1nc(SC)nc(Oc2cc(C#N)cc(Oc3ccccc3)c2)c1[N+](=O)[O-]. The molecule has 12 heteroatoms. The van der Waals surface area contributed by atoms with Crippen molar-refractivity contribution < 1.29 is 23.9 Å². The summed E-state index contributed by atoms with van der Waals surface area (Å²) in [4.78, 5) is 31.0. The van der Waals surface area contributed by atoms with Crippen molar-refractivity contribution in [1.29, 1.82) is 5.26 Å². The van der Waals surface area contributed by atoms with Gasteiger partial charge in [0.15, 0.2) is 5.16 Å². The van der Waals surface area contributed by atoms with Crippen molar-refractivity contribution in [3.63, 3.8) is 0 Å². The lowest BCUT2D eigenvalue weighted by atomic mass is 10.2. The molecule has 0 radical (unpaired) electrons. The van der Waals surface area contributed by atoms with Crippen LogP contribution in [0, 0.1) is 21.4 Å². The number of aromatic nitrogens is 2. The highest BCUT2D eigenvalue weighted by atomic mass is 32.2. The zero-order valence-electron chi connectivity index (χ0n) is 18.2. The highest BCUT2D eigenvalue weighted by molar-refractivity contribution is 7.98. The van der Waals surface area contributed by atoms with Crippen molar-refractivity contribution >= 4 is 29.2 Å². The Kier molecular flexibility index (Phi) is 8.20. The van der Waals surface area contributed by atoms with Gasteiger partial charge in [-0.2, -0.15) is 15.2 Å². The Morgan fingerprint density at radius 3 is 2.47 bits per heavy atom. The fraction of sp³-hybridized carbons (Fsp3) is 0.182. The van der Waals surface area contributed by atoms with E-state index in [1.807, 2.05) is 12.1 Å². The number of para-hydroxylation sites is 1.